The Labute approximate surface area is 186 Å². The summed E-state index contributed by atoms with van der Waals surface area (Å²) >= 11 is 0. The third-order valence-electron chi connectivity index (χ3n) is 4.74. The normalized spacial score (nSPS) is 12.4. The van der Waals surface area contributed by atoms with Crippen LogP contribution in [0.2, 0.25) is 0 Å². The van der Waals surface area contributed by atoms with Crippen molar-refractivity contribution >= 4 is 15.9 Å². The van der Waals surface area contributed by atoms with Crippen LogP contribution in [0.15, 0.2) is 77.7 Å². The highest BCUT2D eigenvalue weighted by Gasteiger charge is 2.15. The molecule has 1 heterocycles. The van der Waals surface area contributed by atoms with E-state index in [1.54, 1.807) is 6.07 Å². The molecule has 0 unspecified atom stereocenters. The molecule has 0 fully saturated rings. The average molecular weight is 455 g/mol. The SMILES string of the molecule is O=C(COc1ccc(S(=O)(=O)NCc2ccccc2)cc1)NCc1ccc2c(c1)OCO2. The van der Waals surface area contributed by atoms with Crippen molar-refractivity contribution in [1.82, 2.24) is 10.0 Å². The lowest BCUT2D eigenvalue weighted by molar-refractivity contribution is -0.123. The number of hydrogen-bond acceptors (Lipinski definition) is 6. The molecule has 0 atom stereocenters. The summed E-state index contributed by atoms with van der Waals surface area (Å²) in [6.45, 7) is 0.527. The summed E-state index contributed by atoms with van der Waals surface area (Å²) in [5, 5.41) is 2.76. The summed E-state index contributed by atoms with van der Waals surface area (Å²) in [6.07, 6.45) is 0. The first kappa shape index (κ1) is 21.7. The number of nitrogens with one attached hydrogen (secondary N) is 2. The van der Waals surface area contributed by atoms with Crippen molar-refractivity contribution in [2.45, 2.75) is 18.0 Å². The minimum absolute atomic E-state index is 0.119. The van der Waals surface area contributed by atoms with E-state index >= 15 is 0 Å². The number of benzene rings is 3. The van der Waals surface area contributed by atoms with Crippen molar-refractivity contribution < 1.29 is 27.4 Å². The second kappa shape index (κ2) is 9.71. The van der Waals surface area contributed by atoms with E-state index < -0.39 is 10.0 Å². The van der Waals surface area contributed by atoms with Gasteiger partial charge in [-0.2, -0.15) is 0 Å². The van der Waals surface area contributed by atoms with Gasteiger partial charge in [-0.3, -0.25) is 4.79 Å². The van der Waals surface area contributed by atoms with Gasteiger partial charge in [0.25, 0.3) is 5.91 Å². The van der Waals surface area contributed by atoms with Crippen molar-refractivity contribution in [3.8, 4) is 17.2 Å². The molecule has 8 nitrogen and oxygen atoms in total. The summed E-state index contributed by atoms with van der Waals surface area (Å²) in [4.78, 5) is 12.2. The highest BCUT2D eigenvalue weighted by atomic mass is 32.2. The van der Waals surface area contributed by atoms with Gasteiger partial charge in [0.05, 0.1) is 4.90 Å². The van der Waals surface area contributed by atoms with Gasteiger partial charge in [0.15, 0.2) is 18.1 Å². The van der Waals surface area contributed by atoms with Gasteiger partial charge >= 0.3 is 0 Å². The van der Waals surface area contributed by atoms with E-state index in [2.05, 4.69) is 10.0 Å². The molecule has 1 aliphatic rings. The summed E-state index contributed by atoms with van der Waals surface area (Å²) in [6, 6.07) is 20.6. The Morgan fingerprint density at radius 2 is 1.62 bits per heavy atom. The molecule has 4 rings (SSSR count). The quantitative estimate of drug-likeness (QED) is 0.515. The number of rotatable bonds is 9. The first-order valence-electron chi connectivity index (χ1n) is 9.91. The third kappa shape index (κ3) is 5.57. The number of ether oxygens (including phenoxy) is 3. The first-order chi connectivity index (χ1) is 15.5. The Hall–Kier alpha value is -3.56. The van der Waals surface area contributed by atoms with Gasteiger partial charge in [-0.15, -0.1) is 0 Å². The van der Waals surface area contributed by atoms with Crippen LogP contribution in [0.4, 0.5) is 0 Å². The van der Waals surface area contributed by atoms with Gasteiger partial charge in [-0.05, 0) is 47.5 Å². The first-order valence-corrected chi connectivity index (χ1v) is 11.4. The molecule has 0 radical (unpaired) electrons. The number of carbonyl (C=O) groups excluding carboxylic acids is 1. The molecule has 0 aliphatic carbocycles. The number of fused-ring (bicyclic) bond motifs is 1. The Morgan fingerprint density at radius 3 is 2.41 bits per heavy atom. The lowest BCUT2D eigenvalue weighted by atomic mass is 10.2. The van der Waals surface area contributed by atoms with E-state index in [-0.39, 0.29) is 30.7 Å². The van der Waals surface area contributed by atoms with E-state index in [0.29, 0.717) is 23.8 Å². The van der Waals surface area contributed by atoms with Crippen molar-refractivity contribution in [2.75, 3.05) is 13.4 Å². The standard InChI is InChI=1S/C23H22N2O6S/c26-23(24-13-18-6-11-21-22(12-18)31-16-30-21)15-29-19-7-9-20(10-8-19)32(27,28)25-14-17-4-2-1-3-5-17/h1-12,25H,13-16H2,(H,24,26). The topological polar surface area (TPSA) is 103 Å². The lowest BCUT2D eigenvalue weighted by Gasteiger charge is -2.10. The molecule has 1 aliphatic heterocycles. The Bertz CT molecular complexity index is 1180. The van der Waals surface area contributed by atoms with E-state index in [9.17, 15) is 13.2 Å². The highest BCUT2D eigenvalue weighted by molar-refractivity contribution is 7.89. The molecule has 32 heavy (non-hydrogen) atoms. The molecule has 3 aromatic carbocycles. The van der Waals surface area contributed by atoms with E-state index in [1.165, 1.54) is 24.3 Å². The zero-order valence-electron chi connectivity index (χ0n) is 17.1. The molecule has 0 saturated carbocycles. The summed E-state index contributed by atoms with van der Waals surface area (Å²) < 4.78 is 43.5. The van der Waals surface area contributed by atoms with E-state index in [4.69, 9.17) is 14.2 Å². The second-order valence-corrected chi connectivity index (χ2v) is 8.80. The predicted octanol–water partition coefficient (Wildman–Crippen LogP) is 2.59. The molecule has 0 spiro atoms. The zero-order valence-corrected chi connectivity index (χ0v) is 17.9. The number of hydrogen-bond donors (Lipinski definition) is 2. The van der Waals surface area contributed by atoms with Crippen LogP contribution in [0, 0.1) is 0 Å². The van der Waals surface area contributed by atoms with Crippen LogP contribution in [0.25, 0.3) is 0 Å². The van der Waals surface area contributed by atoms with Crippen LogP contribution in [0.3, 0.4) is 0 Å². The lowest BCUT2D eigenvalue weighted by Crippen LogP contribution is -2.28. The van der Waals surface area contributed by atoms with E-state index in [0.717, 1.165) is 11.1 Å². The van der Waals surface area contributed by atoms with Crippen LogP contribution in [0.1, 0.15) is 11.1 Å². The fourth-order valence-electron chi connectivity index (χ4n) is 3.02. The Balaban J connectivity index is 1.24. The van der Waals surface area contributed by atoms with Crippen LogP contribution < -0.4 is 24.2 Å². The monoisotopic (exact) mass is 454 g/mol. The average Bonchev–Trinajstić information content (AvgIpc) is 3.29. The fourth-order valence-corrected chi connectivity index (χ4v) is 4.04. The van der Waals surface area contributed by atoms with Crippen LogP contribution in [0.5, 0.6) is 17.2 Å². The van der Waals surface area contributed by atoms with Gasteiger partial charge in [0.1, 0.15) is 5.75 Å². The number of carbonyl (C=O) groups is 1. The van der Waals surface area contributed by atoms with Crippen molar-refractivity contribution in [3.05, 3.63) is 83.9 Å². The van der Waals surface area contributed by atoms with Gasteiger partial charge in [0.2, 0.25) is 16.8 Å². The smallest absolute Gasteiger partial charge is 0.258 e. The maximum Gasteiger partial charge on any atom is 0.258 e. The molecule has 0 aromatic heterocycles. The Morgan fingerprint density at radius 1 is 0.875 bits per heavy atom. The highest BCUT2D eigenvalue weighted by Crippen LogP contribution is 2.32. The molecule has 3 aromatic rings. The van der Waals surface area contributed by atoms with Gasteiger partial charge in [-0.1, -0.05) is 36.4 Å². The van der Waals surface area contributed by atoms with Crippen LogP contribution >= 0.6 is 0 Å². The number of sulfonamides is 1. The predicted molar refractivity (Wildman–Crippen MR) is 117 cm³/mol. The molecule has 0 saturated heterocycles. The van der Waals surface area contributed by atoms with Crippen LogP contribution in [-0.2, 0) is 27.9 Å². The molecule has 0 bridgehead atoms. The fraction of sp³-hybridized carbons (Fsp3) is 0.174. The molecular weight excluding hydrogens is 432 g/mol. The minimum atomic E-state index is -3.65. The Kier molecular flexibility index (Phi) is 6.58. The van der Waals surface area contributed by atoms with Crippen molar-refractivity contribution in [1.29, 1.82) is 0 Å². The van der Waals surface area contributed by atoms with Gasteiger partial charge in [0, 0.05) is 13.1 Å². The zero-order chi connectivity index (χ0) is 22.4. The summed E-state index contributed by atoms with van der Waals surface area (Å²) in [7, 11) is -3.65. The minimum Gasteiger partial charge on any atom is -0.484 e. The van der Waals surface area contributed by atoms with Crippen LogP contribution in [-0.4, -0.2) is 27.7 Å². The molecule has 1 amide bonds. The maximum absolute atomic E-state index is 12.4. The van der Waals surface area contributed by atoms with Gasteiger partial charge < -0.3 is 19.5 Å². The van der Waals surface area contributed by atoms with Crippen molar-refractivity contribution in [2.24, 2.45) is 0 Å². The van der Waals surface area contributed by atoms with Crippen molar-refractivity contribution in [3.63, 3.8) is 0 Å². The number of amides is 1. The van der Waals surface area contributed by atoms with E-state index in [1.807, 2.05) is 42.5 Å². The molecule has 166 valence electrons. The third-order valence-corrected chi connectivity index (χ3v) is 6.16. The largest absolute Gasteiger partial charge is 0.484 e. The second-order valence-electron chi connectivity index (χ2n) is 7.03. The van der Waals surface area contributed by atoms with Gasteiger partial charge in [-0.25, -0.2) is 13.1 Å². The molecular formula is C23H22N2O6S. The summed E-state index contributed by atoms with van der Waals surface area (Å²) in [5.74, 6) is 1.43. The molecule has 2 N–H and O–H groups in total. The summed E-state index contributed by atoms with van der Waals surface area (Å²) in [5.41, 5.74) is 1.74. The molecule has 9 heteroatoms. The maximum atomic E-state index is 12.4.